The summed E-state index contributed by atoms with van der Waals surface area (Å²) in [5.41, 5.74) is -1.15. The molecule has 2 aromatic rings. The average Bonchev–Trinajstić information content (AvgIpc) is 2.70. The summed E-state index contributed by atoms with van der Waals surface area (Å²) in [6, 6.07) is 7.88. The van der Waals surface area contributed by atoms with Crippen LogP contribution in [0.3, 0.4) is 0 Å². The van der Waals surface area contributed by atoms with Crippen LogP contribution < -0.4 is 5.46 Å². The van der Waals surface area contributed by atoms with Crippen LogP contribution in [0, 0.1) is 0 Å². The van der Waals surface area contributed by atoms with Crippen LogP contribution in [0.5, 0.6) is 0 Å². The van der Waals surface area contributed by atoms with Crippen LogP contribution in [0.2, 0.25) is 0 Å². The standard InChI is InChI=1S/C14H19BO3S/c1-13(2,16)14(3,4)18-15(17)11-9-19-12-8-6-5-7-10(11)12/h5-9,16-17H,1-4H3. The zero-order chi connectivity index (χ0) is 14.3. The molecule has 1 aromatic carbocycles. The Bertz CT molecular complexity index is 571. The van der Waals surface area contributed by atoms with Crippen molar-refractivity contribution in [2.75, 3.05) is 0 Å². The minimum Gasteiger partial charge on any atom is -0.423 e. The lowest BCUT2D eigenvalue weighted by Crippen LogP contribution is -2.53. The second kappa shape index (κ2) is 4.91. The van der Waals surface area contributed by atoms with Crippen LogP contribution in [-0.4, -0.2) is 28.5 Å². The SMILES string of the molecule is CC(C)(O)C(C)(C)OB(O)c1csc2ccccc12. The summed E-state index contributed by atoms with van der Waals surface area (Å²) in [6.45, 7) is 6.88. The van der Waals surface area contributed by atoms with Gasteiger partial charge in [-0.2, -0.15) is 0 Å². The van der Waals surface area contributed by atoms with Crippen molar-refractivity contribution in [3.63, 3.8) is 0 Å². The third kappa shape index (κ3) is 2.84. The number of fused-ring (bicyclic) bond motifs is 1. The second-order valence-corrected chi connectivity index (χ2v) is 6.64. The Morgan fingerprint density at radius 1 is 1.16 bits per heavy atom. The first-order valence-corrected chi connectivity index (χ1v) is 7.15. The minimum atomic E-state index is -1.04. The number of hydrogen-bond donors (Lipinski definition) is 2. The summed E-state index contributed by atoms with van der Waals surface area (Å²) in [4.78, 5) is 0. The molecule has 0 aliphatic carbocycles. The van der Waals surface area contributed by atoms with Crippen molar-refractivity contribution in [3.8, 4) is 0 Å². The molecule has 0 bridgehead atoms. The zero-order valence-electron chi connectivity index (χ0n) is 11.7. The quantitative estimate of drug-likeness (QED) is 0.843. The van der Waals surface area contributed by atoms with Gasteiger partial charge < -0.3 is 14.8 Å². The fourth-order valence-electron chi connectivity index (χ4n) is 1.68. The topological polar surface area (TPSA) is 49.7 Å². The summed E-state index contributed by atoms with van der Waals surface area (Å²) < 4.78 is 6.78. The number of hydrogen-bond acceptors (Lipinski definition) is 4. The van der Waals surface area contributed by atoms with Crippen LogP contribution in [0.1, 0.15) is 27.7 Å². The Kier molecular flexibility index (Phi) is 3.75. The maximum absolute atomic E-state index is 10.3. The van der Waals surface area contributed by atoms with E-state index in [1.807, 2.05) is 29.6 Å². The summed E-state index contributed by atoms with van der Waals surface area (Å²) in [5, 5.41) is 23.2. The van der Waals surface area contributed by atoms with Gasteiger partial charge in [0.1, 0.15) is 0 Å². The Morgan fingerprint density at radius 2 is 1.79 bits per heavy atom. The first kappa shape index (κ1) is 14.5. The van der Waals surface area contributed by atoms with Gasteiger partial charge in [0.05, 0.1) is 11.2 Å². The third-order valence-corrected chi connectivity index (χ3v) is 4.64. The third-order valence-electron chi connectivity index (χ3n) is 3.66. The van der Waals surface area contributed by atoms with E-state index in [9.17, 15) is 10.1 Å². The van der Waals surface area contributed by atoms with E-state index in [0.29, 0.717) is 0 Å². The van der Waals surface area contributed by atoms with E-state index in [4.69, 9.17) is 4.65 Å². The normalized spacial score (nSPS) is 12.9. The first-order chi connectivity index (χ1) is 8.72. The molecular weight excluding hydrogens is 259 g/mol. The molecule has 5 heteroatoms. The van der Waals surface area contributed by atoms with Crippen molar-refractivity contribution < 1.29 is 14.8 Å². The fourth-order valence-corrected chi connectivity index (χ4v) is 2.64. The van der Waals surface area contributed by atoms with Gasteiger partial charge in [0.15, 0.2) is 0 Å². The number of benzene rings is 1. The molecule has 0 spiro atoms. The summed E-state index contributed by atoms with van der Waals surface area (Å²) in [5.74, 6) is 0. The largest absolute Gasteiger partial charge is 0.493 e. The molecule has 2 N–H and O–H groups in total. The van der Waals surface area contributed by atoms with E-state index < -0.39 is 18.3 Å². The molecule has 102 valence electrons. The van der Waals surface area contributed by atoms with Gasteiger partial charge in [-0.15, -0.1) is 11.3 Å². The van der Waals surface area contributed by atoms with Crippen LogP contribution >= 0.6 is 11.3 Å². The van der Waals surface area contributed by atoms with Crippen molar-refractivity contribution in [1.82, 2.24) is 0 Å². The van der Waals surface area contributed by atoms with Gasteiger partial charge in [0.25, 0.3) is 0 Å². The molecule has 0 fully saturated rings. The predicted octanol–water partition coefficient (Wildman–Crippen LogP) is 2.15. The lowest BCUT2D eigenvalue weighted by atomic mass is 9.76. The fraction of sp³-hybridized carbons (Fsp3) is 0.429. The molecule has 3 nitrogen and oxygen atoms in total. The Labute approximate surface area is 118 Å². The van der Waals surface area contributed by atoms with Crippen molar-refractivity contribution in [3.05, 3.63) is 29.6 Å². The smallest absolute Gasteiger partial charge is 0.423 e. The van der Waals surface area contributed by atoms with Gasteiger partial charge >= 0.3 is 7.12 Å². The van der Waals surface area contributed by atoms with Crippen molar-refractivity contribution in [2.45, 2.75) is 38.9 Å². The summed E-state index contributed by atoms with van der Waals surface area (Å²) in [6.07, 6.45) is 0. The zero-order valence-corrected chi connectivity index (χ0v) is 12.5. The molecular formula is C14H19BO3S. The highest BCUT2D eigenvalue weighted by Gasteiger charge is 2.40. The van der Waals surface area contributed by atoms with E-state index >= 15 is 0 Å². The molecule has 2 rings (SSSR count). The molecule has 1 heterocycles. The maximum Gasteiger partial charge on any atom is 0.493 e. The van der Waals surface area contributed by atoms with Crippen molar-refractivity contribution in [2.24, 2.45) is 0 Å². The second-order valence-electron chi connectivity index (χ2n) is 5.73. The molecule has 0 unspecified atom stereocenters. The maximum atomic E-state index is 10.3. The Balaban J connectivity index is 2.28. The van der Waals surface area contributed by atoms with Crippen molar-refractivity contribution >= 4 is 34.0 Å². The van der Waals surface area contributed by atoms with Gasteiger partial charge in [-0.3, -0.25) is 0 Å². The van der Waals surface area contributed by atoms with E-state index in [-0.39, 0.29) is 0 Å². The van der Waals surface area contributed by atoms with E-state index in [1.54, 1.807) is 39.0 Å². The molecule has 0 aliphatic rings. The van der Waals surface area contributed by atoms with Gasteiger partial charge in [-0.25, -0.2) is 0 Å². The lowest BCUT2D eigenvalue weighted by Gasteiger charge is -2.38. The first-order valence-electron chi connectivity index (χ1n) is 6.27. The Hall–Kier alpha value is -0.875. The molecule has 19 heavy (non-hydrogen) atoms. The van der Waals surface area contributed by atoms with Gasteiger partial charge in [-0.1, -0.05) is 18.2 Å². The van der Waals surface area contributed by atoms with Crippen LogP contribution in [0.4, 0.5) is 0 Å². The average molecular weight is 278 g/mol. The van der Waals surface area contributed by atoms with Crippen LogP contribution in [-0.2, 0) is 4.65 Å². The molecule has 0 aliphatic heterocycles. The molecule has 0 amide bonds. The molecule has 1 aromatic heterocycles. The molecule has 0 radical (unpaired) electrons. The highest BCUT2D eigenvalue weighted by Crippen LogP contribution is 2.26. The summed E-state index contributed by atoms with van der Waals surface area (Å²) >= 11 is 1.57. The number of aliphatic hydroxyl groups is 1. The van der Waals surface area contributed by atoms with E-state index in [0.717, 1.165) is 15.5 Å². The van der Waals surface area contributed by atoms with Crippen molar-refractivity contribution in [1.29, 1.82) is 0 Å². The lowest BCUT2D eigenvalue weighted by molar-refractivity contribution is -0.0982. The van der Waals surface area contributed by atoms with Gasteiger partial charge in [-0.05, 0) is 44.5 Å². The molecule has 0 atom stereocenters. The molecule has 0 saturated carbocycles. The van der Waals surface area contributed by atoms with Gasteiger partial charge in [0.2, 0.25) is 0 Å². The van der Waals surface area contributed by atoms with Crippen LogP contribution in [0.25, 0.3) is 10.1 Å². The monoisotopic (exact) mass is 278 g/mol. The highest BCUT2D eigenvalue weighted by molar-refractivity contribution is 7.18. The minimum absolute atomic E-state index is 0.748. The number of thiophene rings is 1. The van der Waals surface area contributed by atoms with E-state index in [2.05, 4.69) is 0 Å². The number of rotatable bonds is 4. The Morgan fingerprint density at radius 3 is 2.42 bits per heavy atom. The molecule has 0 saturated heterocycles. The van der Waals surface area contributed by atoms with Gasteiger partial charge in [0, 0.05) is 10.2 Å². The van der Waals surface area contributed by atoms with Crippen LogP contribution in [0.15, 0.2) is 29.6 Å². The predicted molar refractivity (Wildman–Crippen MR) is 80.9 cm³/mol. The van der Waals surface area contributed by atoms with E-state index in [1.165, 1.54) is 0 Å². The highest BCUT2D eigenvalue weighted by atomic mass is 32.1. The summed E-state index contributed by atoms with van der Waals surface area (Å²) in [7, 11) is -1.04.